The first-order valence-corrected chi connectivity index (χ1v) is 8.72. The molecule has 1 saturated heterocycles. The van der Waals surface area contributed by atoms with Crippen LogP contribution in [0.3, 0.4) is 0 Å². The Labute approximate surface area is 155 Å². The number of piperazine rings is 1. The summed E-state index contributed by atoms with van der Waals surface area (Å²) in [6.45, 7) is 3.76. The van der Waals surface area contributed by atoms with Crippen LogP contribution in [0.4, 0.5) is 23.7 Å². The lowest BCUT2D eigenvalue weighted by atomic mass is 10.1. The summed E-state index contributed by atoms with van der Waals surface area (Å²) in [4.78, 5) is 19.9. The summed E-state index contributed by atoms with van der Waals surface area (Å²) in [5, 5.41) is 2.94. The third-order valence-corrected chi connectivity index (χ3v) is 4.65. The average molecular weight is 378 g/mol. The maximum atomic E-state index is 12.9. The molecule has 1 aliphatic heterocycles. The van der Waals surface area contributed by atoms with Gasteiger partial charge in [-0.2, -0.15) is 13.2 Å². The molecule has 0 radical (unpaired) electrons. The molecule has 0 saturated carbocycles. The number of carbonyl (C=O) groups excluding carboxylic acids is 1. The first kappa shape index (κ1) is 19.0. The number of nitrogens with zero attached hydrogens (tertiary/aromatic N) is 3. The van der Waals surface area contributed by atoms with Gasteiger partial charge in [0.1, 0.15) is 0 Å². The maximum absolute atomic E-state index is 12.9. The van der Waals surface area contributed by atoms with E-state index in [-0.39, 0.29) is 12.1 Å². The molecule has 2 aromatic rings. The van der Waals surface area contributed by atoms with Gasteiger partial charge in [-0.05, 0) is 42.8 Å². The number of anilines is 1. The van der Waals surface area contributed by atoms with E-state index in [1.54, 1.807) is 23.4 Å². The van der Waals surface area contributed by atoms with Crippen molar-refractivity contribution in [3.05, 3.63) is 59.9 Å². The minimum absolute atomic E-state index is 0.151. The number of hydrogen-bond acceptors (Lipinski definition) is 3. The molecule has 8 heteroatoms. The Balaban J connectivity index is 1.56. The first-order chi connectivity index (χ1) is 12.8. The third-order valence-electron chi connectivity index (χ3n) is 4.65. The van der Waals surface area contributed by atoms with Gasteiger partial charge in [0.05, 0.1) is 11.6 Å². The molecule has 3 rings (SSSR count). The molecule has 2 amide bonds. The lowest BCUT2D eigenvalue weighted by Crippen LogP contribution is -2.52. The zero-order valence-corrected chi connectivity index (χ0v) is 14.9. The zero-order chi connectivity index (χ0) is 19.4. The first-order valence-electron chi connectivity index (χ1n) is 8.72. The van der Waals surface area contributed by atoms with Crippen molar-refractivity contribution < 1.29 is 18.0 Å². The number of alkyl halides is 3. The molecule has 1 fully saturated rings. The van der Waals surface area contributed by atoms with Crippen LogP contribution in [-0.2, 0) is 6.18 Å². The Kier molecular flexibility index (Phi) is 5.53. The number of benzene rings is 1. The molecular formula is C19H21F3N4O. The Bertz CT molecular complexity index is 774. The van der Waals surface area contributed by atoms with E-state index in [4.69, 9.17) is 0 Å². The smallest absolute Gasteiger partial charge is 0.368 e. The molecule has 1 N–H and O–H groups in total. The second-order valence-electron chi connectivity index (χ2n) is 6.47. The highest BCUT2D eigenvalue weighted by molar-refractivity contribution is 5.75. The van der Waals surface area contributed by atoms with Crippen LogP contribution in [0.2, 0.25) is 0 Å². The highest BCUT2D eigenvalue weighted by Gasteiger charge is 2.31. The number of halogens is 3. The van der Waals surface area contributed by atoms with Gasteiger partial charge in [0.2, 0.25) is 0 Å². The molecule has 1 aliphatic rings. The summed E-state index contributed by atoms with van der Waals surface area (Å²) in [5.74, 6) is 0. The van der Waals surface area contributed by atoms with Crippen molar-refractivity contribution in [3.63, 3.8) is 0 Å². The fourth-order valence-corrected chi connectivity index (χ4v) is 3.06. The Morgan fingerprint density at radius 1 is 1.11 bits per heavy atom. The van der Waals surface area contributed by atoms with Gasteiger partial charge in [0.15, 0.2) is 0 Å². The SMILES string of the molecule is CC(NC(=O)N1CCN(c2cccc(C(F)(F)F)c2)CC1)c1ccncc1. The van der Waals surface area contributed by atoms with Crippen molar-refractivity contribution in [1.29, 1.82) is 0 Å². The monoisotopic (exact) mass is 378 g/mol. The molecule has 1 aromatic heterocycles. The van der Waals surface area contributed by atoms with Gasteiger partial charge in [-0.1, -0.05) is 6.07 Å². The van der Waals surface area contributed by atoms with Crippen LogP contribution in [0.15, 0.2) is 48.8 Å². The van der Waals surface area contributed by atoms with Gasteiger partial charge in [0.25, 0.3) is 0 Å². The van der Waals surface area contributed by atoms with Crippen LogP contribution in [0.1, 0.15) is 24.1 Å². The van der Waals surface area contributed by atoms with E-state index in [0.717, 1.165) is 17.7 Å². The number of urea groups is 1. The molecule has 1 aromatic carbocycles. The highest BCUT2D eigenvalue weighted by atomic mass is 19.4. The van der Waals surface area contributed by atoms with Crippen LogP contribution in [0.5, 0.6) is 0 Å². The third kappa shape index (κ3) is 4.69. The summed E-state index contributed by atoms with van der Waals surface area (Å²) >= 11 is 0. The maximum Gasteiger partial charge on any atom is 0.416 e. The number of aromatic nitrogens is 1. The van der Waals surface area contributed by atoms with Crippen LogP contribution in [0, 0.1) is 0 Å². The zero-order valence-electron chi connectivity index (χ0n) is 14.9. The standard InChI is InChI=1S/C19H21F3N4O/c1-14(15-5-7-23-8-6-15)24-18(27)26-11-9-25(10-12-26)17-4-2-3-16(13-17)19(20,21)22/h2-8,13-14H,9-12H2,1H3,(H,24,27). The van der Waals surface area contributed by atoms with Gasteiger partial charge in [-0.25, -0.2) is 4.79 Å². The van der Waals surface area contributed by atoms with Gasteiger partial charge in [-0.15, -0.1) is 0 Å². The number of carbonyl (C=O) groups is 1. The summed E-state index contributed by atoms with van der Waals surface area (Å²) < 4.78 is 38.6. The Morgan fingerprint density at radius 2 is 1.78 bits per heavy atom. The predicted octanol–water partition coefficient (Wildman–Crippen LogP) is 3.69. The molecule has 1 unspecified atom stereocenters. The summed E-state index contributed by atoms with van der Waals surface area (Å²) in [6, 6.07) is 8.65. The quantitative estimate of drug-likeness (QED) is 0.886. The molecule has 144 valence electrons. The minimum atomic E-state index is -4.36. The van der Waals surface area contributed by atoms with Gasteiger partial charge >= 0.3 is 12.2 Å². The second-order valence-corrected chi connectivity index (χ2v) is 6.47. The minimum Gasteiger partial charge on any atom is -0.368 e. The summed E-state index contributed by atoms with van der Waals surface area (Å²) in [6.07, 6.45) is -1.02. The van der Waals surface area contributed by atoms with Crippen LogP contribution >= 0.6 is 0 Å². The molecule has 1 atom stereocenters. The lowest BCUT2D eigenvalue weighted by molar-refractivity contribution is -0.137. The number of pyridine rings is 1. The fraction of sp³-hybridized carbons (Fsp3) is 0.368. The summed E-state index contributed by atoms with van der Waals surface area (Å²) in [5.41, 5.74) is 0.822. The fourth-order valence-electron chi connectivity index (χ4n) is 3.06. The second kappa shape index (κ2) is 7.85. The number of hydrogen-bond donors (Lipinski definition) is 1. The van der Waals surface area contributed by atoms with Crippen molar-refractivity contribution >= 4 is 11.7 Å². The van der Waals surface area contributed by atoms with Gasteiger partial charge in [-0.3, -0.25) is 4.98 Å². The van der Waals surface area contributed by atoms with Crippen molar-refractivity contribution in [2.24, 2.45) is 0 Å². The predicted molar refractivity (Wildman–Crippen MR) is 96.4 cm³/mol. The van der Waals surface area contributed by atoms with E-state index in [9.17, 15) is 18.0 Å². The van der Waals surface area contributed by atoms with E-state index < -0.39 is 11.7 Å². The molecule has 5 nitrogen and oxygen atoms in total. The van der Waals surface area contributed by atoms with Crippen LogP contribution < -0.4 is 10.2 Å². The van der Waals surface area contributed by atoms with E-state index in [1.807, 2.05) is 24.0 Å². The molecule has 0 spiro atoms. The average Bonchev–Trinajstić information content (AvgIpc) is 2.68. The molecule has 0 bridgehead atoms. The van der Waals surface area contributed by atoms with Gasteiger partial charge in [0, 0.05) is 44.3 Å². The van der Waals surface area contributed by atoms with E-state index >= 15 is 0 Å². The van der Waals surface area contributed by atoms with Crippen molar-refractivity contribution in [3.8, 4) is 0 Å². The van der Waals surface area contributed by atoms with Crippen molar-refractivity contribution in [2.75, 3.05) is 31.1 Å². The normalized spacial score (nSPS) is 16.1. The number of nitrogens with one attached hydrogen (secondary N) is 1. The number of amides is 2. The Morgan fingerprint density at radius 3 is 2.41 bits per heavy atom. The van der Waals surface area contributed by atoms with Crippen LogP contribution in [-0.4, -0.2) is 42.1 Å². The van der Waals surface area contributed by atoms with Gasteiger partial charge < -0.3 is 15.1 Å². The van der Waals surface area contributed by atoms with Crippen LogP contribution in [0.25, 0.3) is 0 Å². The van der Waals surface area contributed by atoms with E-state index in [0.29, 0.717) is 31.9 Å². The largest absolute Gasteiger partial charge is 0.416 e. The van der Waals surface area contributed by atoms with Crippen molar-refractivity contribution in [1.82, 2.24) is 15.2 Å². The van der Waals surface area contributed by atoms with E-state index in [1.165, 1.54) is 6.07 Å². The van der Waals surface area contributed by atoms with Crippen molar-refractivity contribution in [2.45, 2.75) is 19.1 Å². The topological polar surface area (TPSA) is 48.5 Å². The lowest BCUT2D eigenvalue weighted by Gasteiger charge is -2.36. The Hall–Kier alpha value is -2.77. The number of rotatable bonds is 3. The molecule has 0 aliphatic carbocycles. The highest BCUT2D eigenvalue weighted by Crippen LogP contribution is 2.31. The van der Waals surface area contributed by atoms with E-state index in [2.05, 4.69) is 10.3 Å². The molecule has 2 heterocycles. The summed E-state index contributed by atoms with van der Waals surface area (Å²) in [7, 11) is 0. The molecule has 27 heavy (non-hydrogen) atoms. The molecular weight excluding hydrogens is 357 g/mol.